The maximum atomic E-state index is 11.7. The molecule has 2 aromatic rings. The fourth-order valence-electron chi connectivity index (χ4n) is 1.30. The van der Waals surface area contributed by atoms with Gasteiger partial charge in [0.15, 0.2) is 0 Å². The normalized spacial score (nSPS) is 10.2. The second kappa shape index (κ2) is 3.53. The fourth-order valence-corrected chi connectivity index (χ4v) is 1.30. The lowest BCUT2D eigenvalue weighted by Crippen LogP contribution is -2.36. The first-order chi connectivity index (χ1) is 7.24. The summed E-state index contributed by atoms with van der Waals surface area (Å²) in [4.78, 5) is 15.2. The molecule has 1 heterocycles. The minimum Gasteiger partial charge on any atom is -0.618 e. The van der Waals surface area contributed by atoms with E-state index in [1.54, 1.807) is 24.3 Å². The van der Waals surface area contributed by atoms with Crippen LogP contribution < -0.4 is 4.73 Å². The van der Waals surface area contributed by atoms with Crippen molar-refractivity contribution < 1.29 is 14.3 Å². The van der Waals surface area contributed by atoms with E-state index < -0.39 is 5.97 Å². The Hall–Kier alpha value is -2.17. The summed E-state index contributed by atoms with van der Waals surface area (Å²) in [6, 6.07) is 6.78. The molecule has 0 saturated carbocycles. The Morgan fingerprint density at radius 1 is 1.47 bits per heavy atom. The van der Waals surface area contributed by atoms with E-state index in [1.807, 2.05) is 0 Å². The van der Waals surface area contributed by atoms with Gasteiger partial charge in [-0.3, -0.25) is 0 Å². The van der Waals surface area contributed by atoms with E-state index in [1.165, 1.54) is 13.3 Å². The predicted molar refractivity (Wildman–Crippen MR) is 52.0 cm³/mol. The summed E-state index contributed by atoms with van der Waals surface area (Å²) in [5.41, 5.74) is 0.775. The molecule has 0 aliphatic rings. The van der Waals surface area contributed by atoms with Crippen molar-refractivity contribution >= 4 is 17.0 Å². The van der Waals surface area contributed by atoms with Gasteiger partial charge in [-0.2, -0.15) is 4.73 Å². The summed E-state index contributed by atoms with van der Waals surface area (Å²) < 4.78 is 4.99. The van der Waals surface area contributed by atoms with E-state index in [0.717, 1.165) is 0 Å². The molecule has 5 nitrogen and oxygen atoms in total. The van der Waals surface area contributed by atoms with Gasteiger partial charge in [-0.05, 0) is 6.07 Å². The Morgan fingerprint density at radius 3 is 2.93 bits per heavy atom. The molecular formula is C10H8N2O3. The average Bonchev–Trinajstić information content (AvgIpc) is 2.29. The van der Waals surface area contributed by atoms with Crippen LogP contribution in [0.25, 0.3) is 11.0 Å². The zero-order valence-electron chi connectivity index (χ0n) is 8.01. The van der Waals surface area contributed by atoms with E-state index in [-0.39, 0.29) is 5.69 Å². The van der Waals surface area contributed by atoms with Gasteiger partial charge in [-0.1, -0.05) is 12.1 Å². The third-order valence-corrected chi connectivity index (χ3v) is 2.04. The van der Waals surface area contributed by atoms with Gasteiger partial charge in [0.25, 0.3) is 0 Å². The molecule has 15 heavy (non-hydrogen) atoms. The summed E-state index contributed by atoms with van der Waals surface area (Å²) in [7, 11) is 1.22. The highest BCUT2D eigenvalue weighted by molar-refractivity contribution is 5.86. The van der Waals surface area contributed by atoms with Gasteiger partial charge in [0.05, 0.1) is 7.11 Å². The Bertz CT molecular complexity index is 525. The first kappa shape index (κ1) is 9.39. The molecule has 0 aliphatic carbocycles. The average molecular weight is 204 g/mol. The zero-order valence-corrected chi connectivity index (χ0v) is 8.01. The summed E-state index contributed by atoms with van der Waals surface area (Å²) in [6.45, 7) is 0. The Kier molecular flexibility index (Phi) is 2.21. The summed E-state index contributed by atoms with van der Waals surface area (Å²) in [6.07, 6.45) is 1.21. The second-order valence-corrected chi connectivity index (χ2v) is 2.92. The number of hydrogen-bond donors (Lipinski definition) is 0. The number of para-hydroxylation sites is 2. The van der Waals surface area contributed by atoms with Crippen molar-refractivity contribution in [2.24, 2.45) is 0 Å². The van der Waals surface area contributed by atoms with Crippen LogP contribution in [0.5, 0.6) is 0 Å². The standard InChI is InChI=1S/C10H8N2O3/c1-15-10(13)9-6-11-7-4-2-3-5-8(7)12(9)14/h2-6H,1H3. The molecule has 1 aromatic carbocycles. The lowest BCUT2D eigenvalue weighted by Gasteiger charge is -2.04. The Balaban J connectivity index is 2.70. The van der Waals surface area contributed by atoms with E-state index in [0.29, 0.717) is 15.8 Å². The molecule has 0 N–H and O–H groups in total. The second-order valence-electron chi connectivity index (χ2n) is 2.92. The van der Waals surface area contributed by atoms with Crippen molar-refractivity contribution in [2.45, 2.75) is 0 Å². The van der Waals surface area contributed by atoms with Crippen molar-refractivity contribution in [3.8, 4) is 0 Å². The van der Waals surface area contributed by atoms with Crippen LogP contribution in [0, 0.1) is 5.21 Å². The molecule has 76 valence electrons. The number of hydrogen-bond acceptors (Lipinski definition) is 4. The SMILES string of the molecule is COC(=O)c1cnc2ccccc2[n+]1[O-]. The topological polar surface area (TPSA) is 66.1 Å². The largest absolute Gasteiger partial charge is 0.618 e. The van der Waals surface area contributed by atoms with E-state index in [2.05, 4.69) is 9.72 Å². The predicted octanol–water partition coefficient (Wildman–Crippen LogP) is 0.655. The molecule has 0 aliphatic heterocycles. The van der Waals surface area contributed by atoms with Crippen LogP contribution in [0.1, 0.15) is 10.5 Å². The quantitative estimate of drug-likeness (QED) is 0.388. The van der Waals surface area contributed by atoms with Gasteiger partial charge in [-0.15, -0.1) is 0 Å². The van der Waals surface area contributed by atoms with Crippen LogP contribution in [-0.4, -0.2) is 18.1 Å². The number of nitrogens with zero attached hydrogens (tertiary/aromatic N) is 2. The molecule has 0 spiro atoms. The third-order valence-electron chi connectivity index (χ3n) is 2.04. The monoisotopic (exact) mass is 204 g/mol. The highest BCUT2D eigenvalue weighted by Crippen LogP contribution is 2.06. The van der Waals surface area contributed by atoms with Gasteiger partial charge in [0, 0.05) is 6.07 Å². The number of fused-ring (bicyclic) bond motifs is 1. The minimum absolute atomic E-state index is 0.115. The van der Waals surface area contributed by atoms with Crippen LogP contribution in [0.2, 0.25) is 0 Å². The first-order valence-electron chi connectivity index (χ1n) is 4.29. The number of carbonyl (C=O) groups is 1. The van der Waals surface area contributed by atoms with E-state index in [9.17, 15) is 10.0 Å². The molecule has 0 saturated heterocycles. The molecule has 5 heteroatoms. The van der Waals surface area contributed by atoms with E-state index in [4.69, 9.17) is 0 Å². The van der Waals surface area contributed by atoms with Gasteiger partial charge in [-0.25, -0.2) is 9.78 Å². The molecule has 0 amide bonds. The van der Waals surface area contributed by atoms with Gasteiger partial charge >= 0.3 is 11.7 Å². The van der Waals surface area contributed by atoms with Crippen molar-refractivity contribution in [3.63, 3.8) is 0 Å². The number of methoxy groups -OCH3 is 1. The fraction of sp³-hybridized carbons (Fsp3) is 0.100. The van der Waals surface area contributed by atoms with Crippen LogP contribution in [0.4, 0.5) is 0 Å². The highest BCUT2D eigenvalue weighted by Gasteiger charge is 2.19. The van der Waals surface area contributed by atoms with Crippen LogP contribution in [0.15, 0.2) is 30.5 Å². The van der Waals surface area contributed by atoms with Crippen molar-refractivity contribution in [2.75, 3.05) is 7.11 Å². The smallest absolute Gasteiger partial charge is 0.406 e. The van der Waals surface area contributed by atoms with Gasteiger partial charge < -0.3 is 9.94 Å². The summed E-state index contributed by atoms with van der Waals surface area (Å²) in [5.74, 6) is -0.691. The molecule has 1 aromatic heterocycles. The van der Waals surface area contributed by atoms with Crippen molar-refractivity contribution in [3.05, 3.63) is 41.4 Å². The van der Waals surface area contributed by atoms with Crippen molar-refractivity contribution in [1.82, 2.24) is 4.98 Å². The van der Waals surface area contributed by atoms with Crippen LogP contribution in [0.3, 0.4) is 0 Å². The van der Waals surface area contributed by atoms with Crippen LogP contribution >= 0.6 is 0 Å². The number of aromatic nitrogens is 2. The number of esters is 1. The Labute approximate surface area is 85.5 Å². The number of rotatable bonds is 1. The molecule has 0 atom stereocenters. The van der Waals surface area contributed by atoms with Crippen LogP contribution in [-0.2, 0) is 4.74 Å². The molecule has 0 unspecified atom stereocenters. The maximum Gasteiger partial charge on any atom is 0.406 e. The van der Waals surface area contributed by atoms with Gasteiger partial charge in [0.2, 0.25) is 5.52 Å². The Morgan fingerprint density at radius 2 is 2.20 bits per heavy atom. The number of carbonyl (C=O) groups excluding carboxylic acids is 1. The molecule has 0 bridgehead atoms. The van der Waals surface area contributed by atoms with Gasteiger partial charge in [0.1, 0.15) is 11.7 Å². The molecular weight excluding hydrogens is 196 g/mol. The lowest BCUT2D eigenvalue weighted by molar-refractivity contribution is -0.580. The zero-order chi connectivity index (χ0) is 10.8. The lowest BCUT2D eigenvalue weighted by atomic mass is 10.3. The first-order valence-corrected chi connectivity index (χ1v) is 4.29. The summed E-state index contributed by atoms with van der Waals surface area (Å²) >= 11 is 0. The van der Waals surface area contributed by atoms with Crippen molar-refractivity contribution in [1.29, 1.82) is 0 Å². The third kappa shape index (κ3) is 1.48. The number of ether oxygens (including phenoxy) is 1. The molecule has 0 fully saturated rings. The minimum atomic E-state index is -0.691. The molecule has 0 radical (unpaired) electrons. The maximum absolute atomic E-state index is 11.7. The molecule has 2 rings (SSSR count). The highest BCUT2D eigenvalue weighted by atomic mass is 16.5. The number of benzene rings is 1. The summed E-state index contributed by atoms with van der Waals surface area (Å²) in [5, 5.41) is 11.7. The van der Waals surface area contributed by atoms with E-state index >= 15 is 0 Å².